The Labute approximate surface area is 119 Å². The molecule has 0 heterocycles. The van der Waals surface area contributed by atoms with Crippen LogP contribution in [0.5, 0.6) is 0 Å². The zero-order valence-electron chi connectivity index (χ0n) is 10.8. The van der Waals surface area contributed by atoms with E-state index in [0.717, 1.165) is 11.3 Å². The molecule has 0 spiro atoms. The van der Waals surface area contributed by atoms with Gasteiger partial charge in [0.2, 0.25) is 0 Å². The fraction of sp³-hybridized carbons (Fsp3) is 0.500. The molecule has 0 aromatic heterocycles. The minimum absolute atomic E-state index is 0.301. The van der Waals surface area contributed by atoms with E-state index >= 15 is 0 Å². The maximum Gasteiger partial charge on any atom is 0.106 e. The van der Waals surface area contributed by atoms with Crippen LogP contribution >= 0.6 is 23.8 Å². The average molecular weight is 283 g/mol. The van der Waals surface area contributed by atoms with Crippen molar-refractivity contribution in [1.29, 1.82) is 0 Å². The first kappa shape index (κ1) is 13.6. The van der Waals surface area contributed by atoms with Gasteiger partial charge < -0.3 is 11.1 Å². The van der Waals surface area contributed by atoms with Gasteiger partial charge in [-0.3, -0.25) is 0 Å². The van der Waals surface area contributed by atoms with Crippen LogP contribution in [-0.2, 0) is 0 Å². The summed E-state index contributed by atoms with van der Waals surface area (Å²) in [6.45, 7) is 4.59. The quantitative estimate of drug-likeness (QED) is 0.824. The van der Waals surface area contributed by atoms with Gasteiger partial charge in [0.05, 0.1) is 0 Å². The van der Waals surface area contributed by atoms with Crippen LogP contribution in [0.1, 0.15) is 38.7 Å². The SMILES string of the molecule is CC1(C)CCCC1Nc1cc(Cl)ccc1C(N)=S. The van der Waals surface area contributed by atoms with E-state index in [9.17, 15) is 0 Å². The zero-order chi connectivity index (χ0) is 13.3. The van der Waals surface area contributed by atoms with Crippen molar-refractivity contribution in [3.05, 3.63) is 28.8 Å². The summed E-state index contributed by atoms with van der Waals surface area (Å²) in [5.74, 6) is 0. The first-order valence-corrected chi connectivity index (χ1v) is 7.05. The van der Waals surface area contributed by atoms with Crippen LogP contribution in [0.2, 0.25) is 5.02 Å². The summed E-state index contributed by atoms with van der Waals surface area (Å²) in [5, 5.41) is 4.27. The first-order chi connectivity index (χ1) is 8.40. The Kier molecular flexibility index (Phi) is 3.83. The van der Waals surface area contributed by atoms with Crippen LogP contribution in [0, 0.1) is 5.41 Å². The number of benzene rings is 1. The lowest BCUT2D eigenvalue weighted by Gasteiger charge is -2.29. The molecule has 2 nitrogen and oxygen atoms in total. The van der Waals surface area contributed by atoms with Crippen molar-refractivity contribution in [3.63, 3.8) is 0 Å². The van der Waals surface area contributed by atoms with E-state index in [4.69, 9.17) is 29.6 Å². The normalized spacial score (nSPS) is 21.8. The van der Waals surface area contributed by atoms with Crippen molar-refractivity contribution in [2.24, 2.45) is 11.1 Å². The molecule has 1 atom stereocenters. The fourth-order valence-electron chi connectivity index (χ4n) is 2.63. The molecule has 0 saturated heterocycles. The third-order valence-electron chi connectivity index (χ3n) is 3.83. The highest BCUT2D eigenvalue weighted by Crippen LogP contribution is 2.39. The zero-order valence-corrected chi connectivity index (χ0v) is 12.4. The summed E-state index contributed by atoms with van der Waals surface area (Å²) in [4.78, 5) is 0.407. The van der Waals surface area contributed by atoms with Crippen LogP contribution in [0.15, 0.2) is 18.2 Å². The minimum Gasteiger partial charge on any atom is -0.389 e. The average Bonchev–Trinajstić information content (AvgIpc) is 2.58. The number of thiocarbonyl (C=S) groups is 1. The Hall–Kier alpha value is -0.800. The van der Waals surface area contributed by atoms with E-state index in [-0.39, 0.29) is 0 Å². The van der Waals surface area contributed by atoms with E-state index < -0.39 is 0 Å². The Bertz CT molecular complexity index is 471. The van der Waals surface area contributed by atoms with Crippen LogP contribution in [0.3, 0.4) is 0 Å². The number of halogens is 1. The van der Waals surface area contributed by atoms with Crippen LogP contribution in [0.4, 0.5) is 5.69 Å². The standard InChI is InChI=1S/C14H19ClN2S/c1-14(2)7-3-4-12(14)17-11-8-9(15)5-6-10(11)13(16)18/h5-6,8,12,17H,3-4,7H2,1-2H3,(H2,16,18). The molecule has 3 N–H and O–H groups in total. The molecule has 1 saturated carbocycles. The highest BCUT2D eigenvalue weighted by atomic mass is 35.5. The van der Waals surface area contributed by atoms with Crippen LogP contribution in [0.25, 0.3) is 0 Å². The summed E-state index contributed by atoms with van der Waals surface area (Å²) in [5.41, 5.74) is 7.88. The molecule has 0 radical (unpaired) electrons. The molecule has 18 heavy (non-hydrogen) atoms. The second kappa shape index (κ2) is 5.06. The Balaban J connectivity index is 2.28. The third kappa shape index (κ3) is 2.78. The maximum atomic E-state index is 6.05. The number of anilines is 1. The highest BCUT2D eigenvalue weighted by Gasteiger charge is 2.34. The molecular formula is C14H19ClN2S. The lowest BCUT2D eigenvalue weighted by molar-refractivity contribution is 0.350. The molecule has 98 valence electrons. The van der Waals surface area contributed by atoms with E-state index in [0.29, 0.717) is 21.5 Å². The van der Waals surface area contributed by atoms with Crippen molar-refractivity contribution < 1.29 is 0 Å². The van der Waals surface area contributed by atoms with Gasteiger partial charge >= 0.3 is 0 Å². The van der Waals surface area contributed by atoms with Crippen LogP contribution < -0.4 is 11.1 Å². The van der Waals surface area contributed by atoms with E-state index in [1.807, 2.05) is 18.2 Å². The second-order valence-electron chi connectivity index (χ2n) is 5.63. The lowest BCUT2D eigenvalue weighted by Crippen LogP contribution is -2.31. The molecule has 1 fully saturated rings. The van der Waals surface area contributed by atoms with Crippen molar-refractivity contribution in [2.75, 3.05) is 5.32 Å². The van der Waals surface area contributed by atoms with Gasteiger partial charge in [-0.1, -0.05) is 44.1 Å². The molecular weight excluding hydrogens is 264 g/mol. The highest BCUT2D eigenvalue weighted by molar-refractivity contribution is 7.80. The van der Waals surface area contributed by atoms with Gasteiger partial charge in [0.25, 0.3) is 0 Å². The Morgan fingerprint density at radius 2 is 2.22 bits per heavy atom. The lowest BCUT2D eigenvalue weighted by atomic mass is 9.87. The van der Waals surface area contributed by atoms with Crippen molar-refractivity contribution in [1.82, 2.24) is 0 Å². The summed E-state index contributed by atoms with van der Waals surface area (Å²) in [7, 11) is 0. The number of hydrogen-bond donors (Lipinski definition) is 2. The number of nitrogens with one attached hydrogen (secondary N) is 1. The predicted molar refractivity (Wildman–Crippen MR) is 82.4 cm³/mol. The van der Waals surface area contributed by atoms with Crippen molar-refractivity contribution in [3.8, 4) is 0 Å². The van der Waals surface area contributed by atoms with Gasteiger partial charge in [-0.25, -0.2) is 0 Å². The molecule has 1 aromatic carbocycles. The van der Waals surface area contributed by atoms with Crippen molar-refractivity contribution in [2.45, 2.75) is 39.2 Å². The third-order valence-corrected chi connectivity index (χ3v) is 4.29. The molecule has 1 aromatic rings. The smallest absolute Gasteiger partial charge is 0.106 e. The molecule has 0 aliphatic heterocycles. The summed E-state index contributed by atoms with van der Waals surface area (Å²) in [6.07, 6.45) is 3.68. The molecule has 1 aliphatic carbocycles. The molecule has 0 bridgehead atoms. The monoisotopic (exact) mass is 282 g/mol. The molecule has 1 unspecified atom stereocenters. The summed E-state index contributed by atoms with van der Waals surface area (Å²) < 4.78 is 0. The number of rotatable bonds is 3. The molecule has 4 heteroatoms. The van der Waals surface area contributed by atoms with Gasteiger partial charge in [0.1, 0.15) is 4.99 Å². The van der Waals surface area contributed by atoms with E-state index in [1.54, 1.807) is 0 Å². The topological polar surface area (TPSA) is 38.0 Å². The molecule has 2 rings (SSSR count). The Morgan fingerprint density at radius 1 is 1.50 bits per heavy atom. The van der Waals surface area contributed by atoms with E-state index in [1.165, 1.54) is 19.3 Å². The van der Waals surface area contributed by atoms with Gasteiger partial charge in [-0.05, 0) is 36.5 Å². The second-order valence-corrected chi connectivity index (χ2v) is 6.51. The maximum absolute atomic E-state index is 6.05. The first-order valence-electron chi connectivity index (χ1n) is 6.26. The molecule has 0 amide bonds. The summed E-state index contributed by atoms with van der Waals surface area (Å²) in [6, 6.07) is 6.06. The fourth-order valence-corrected chi connectivity index (χ4v) is 2.98. The van der Waals surface area contributed by atoms with Gasteiger partial charge in [-0.15, -0.1) is 0 Å². The van der Waals surface area contributed by atoms with Crippen molar-refractivity contribution >= 4 is 34.5 Å². The van der Waals surface area contributed by atoms with E-state index in [2.05, 4.69) is 19.2 Å². The Morgan fingerprint density at radius 3 is 2.78 bits per heavy atom. The largest absolute Gasteiger partial charge is 0.389 e. The number of hydrogen-bond acceptors (Lipinski definition) is 2. The summed E-state index contributed by atoms with van der Waals surface area (Å²) >= 11 is 11.1. The predicted octanol–water partition coefficient (Wildman–Crippen LogP) is 3.96. The molecule has 1 aliphatic rings. The van der Waals surface area contributed by atoms with Crippen LogP contribution in [-0.4, -0.2) is 11.0 Å². The minimum atomic E-state index is 0.301. The van der Waals surface area contributed by atoms with Gasteiger partial charge in [0, 0.05) is 22.3 Å². The van der Waals surface area contributed by atoms with Gasteiger partial charge in [-0.2, -0.15) is 0 Å². The van der Waals surface area contributed by atoms with Gasteiger partial charge in [0.15, 0.2) is 0 Å². The number of nitrogens with two attached hydrogens (primary N) is 1.